The van der Waals surface area contributed by atoms with Crippen LogP contribution >= 0.6 is 0 Å². The zero-order valence-electron chi connectivity index (χ0n) is 19.6. The normalized spacial score (nSPS) is 11.0. The molecule has 0 aliphatic rings. The molecule has 2 aromatic rings. The Morgan fingerprint density at radius 1 is 1.00 bits per heavy atom. The van der Waals surface area contributed by atoms with E-state index in [2.05, 4.69) is 15.6 Å². The van der Waals surface area contributed by atoms with E-state index in [9.17, 15) is 4.79 Å². The third-order valence-corrected chi connectivity index (χ3v) is 4.68. The van der Waals surface area contributed by atoms with E-state index in [1.54, 1.807) is 28.3 Å². The maximum absolute atomic E-state index is 11.7. The third kappa shape index (κ3) is 8.02. The number of likely N-dealkylation sites (N-methyl/N-ethyl adjacent to an activating group) is 1. The summed E-state index contributed by atoms with van der Waals surface area (Å²) in [4.78, 5) is 17.9. The number of methoxy groups -OCH3 is 2. The van der Waals surface area contributed by atoms with Gasteiger partial charge in [0.05, 0.1) is 20.8 Å². The molecule has 0 bridgehead atoms. The van der Waals surface area contributed by atoms with Crippen molar-refractivity contribution in [1.82, 2.24) is 15.5 Å². The molecule has 0 atom stereocenters. The van der Waals surface area contributed by atoms with Gasteiger partial charge in [-0.05, 0) is 48.7 Å². The van der Waals surface area contributed by atoms with E-state index in [0.717, 1.165) is 48.1 Å². The number of nitrogens with one attached hydrogen (secondary N) is 2. The number of hydrogen-bond donors (Lipinski definition) is 2. The lowest BCUT2D eigenvalue weighted by atomic mass is 10.1. The Kier molecular flexibility index (Phi) is 10.2. The Morgan fingerprint density at radius 2 is 1.78 bits per heavy atom. The Bertz CT molecular complexity index is 899. The van der Waals surface area contributed by atoms with Crippen LogP contribution in [0.15, 0.2) is 47.5 Å². The predicted molar refractivity (Wildman–Crippen MR) is 127 cm³/mol. The number of ether oxygens (including phenoxy) is 3. The molecule has 8 nitrogen and oxygen atoms in total. The molecule has 0 saturated heterocycles. The van der Waals surface area contributed by atoms with Crippen LogP contribution in [0.25, 0.3) is 0 Å². The highest BCUT2D eigenvalue weighted by atomic mass is 16.5. The third-order valence-electron chi connectivity index (χ3n) is 4.68. The van der Waals surface area contributed by atoms with Gasteiger partial charge in [-0.1, -0.05) is 18.2 Å². The molecule has 0 heterocycles. The van der Waals surface area contributed by atoms with Crippen LogP contribution in [0, 0.1) is 0 Å². The summed E-state index contributed by atoms with van der Waals surface area (Å²) in [5, 5.41) is 6.62. The van der Waals surface area contributed by atoms with Crippen LogP contribution in [-0.2, 0) is 17.8 Å². The number of hydrogen-bond acceptors (Lipinski definition) is 5. The molecule has 0 aliphatic heterocycles. The summed E-state index contributed by atoms with van der Waals surface area (Å²) in [5.41, 5.74) is 2.14. The van der Waals surface area contributed by atoms with Crippen molar-refractivity contribution in [3.8, 4) is 17.2 Å². The molecular weight excluding hydrogens is 408 g/mol. The minimum absolute atomic E-state index is 0.0140. The minimum Gasteiger partial charge on any atom is -0.493 e. The number of nitrogens with zero attached hydrogens (tertiary/aromatic N) is 2. The Balaban J connectivity index is 1.92. The SMILES string of the molecule is CCNC(=NCc1cccc(OCC(=O)N(C)C)c1)NCCc1ccc(OC)c(OC)c1. The van der Waals surface area contributed by atoms with Gasteiger partial charge in [-0.15, -0.1) is 0 Å². The van der Waals surface area contributed by atoms with Crippen molar-refractivity contribution in [3.05, 3.63) is 53.6 Å². The van der Waals surface area contributed by atoms with Gasteiger partial charge in [-0.3, -0.25) is 4.79 Å². The van der Waals surface area contributed by atoms with Gasteiger partial charge in [0.25, 0.3) is 5.91 Å². The maximum Gasteiger partial charge on any atom is 0.259 e. The van der Waals surface area contributed by atoms with Crippen LogP contribution in [0.3, 0.4) is 0 Å². The second-order valence-electron chi connectivity index (χ2n) is 7.29. The first-order chi connectivity index (χ1) is 15.5. The molecule has 0 aromatic heterocycles. The molecule has 32 heavy (non-hydrogen) atoms. The molecule has 0 saturated carbocycles. The fraction of sp³-hybridized carbons (Fsp3) is 0.417. The maximum atomic E-state index is 11.7. The van der Waals surface area contributed by atoms with E-state index in [-0.39, 0.29) is 12.5 Å². The molecule has 0 aliphatic carbocycles. The molecule has 174 valence electrons. The Morgan fingerprint density at radius 3 is 2.47 bits per heavy atom. The van der Waals surface area contributed by atoms with Crippen LogP contribution in [0.1, 0.15) is 18.1 Å². The number of aliphatic imine (C=N–C) groups is 1. The summed E-state index contributed by atoms with van der Waals surface area (Å²) < 4.78 is 16.2. The summed E-state index contributed by atoms with van der Waals surface area (Å²) in [6.45, 7) is 4.02. The van der Waals surface area contributed by atoms with Crippen molar-refractivity contribution in [2.45, 2.75) is 19.9 Å². The van der Waals surface area contributed by atoms with Gasteiger partial charge in [0.15, 0.2) is 24.1 Å². The lowest BCUT2D eigenvalue weighted by Crippen LogP contribution is -2.38. The fourth-order valence-electron chi connectivity index (χ4n) is 2.88. The van der Waals surface area contributed by atoms with Crippen LogP contribution in [0.2, 0.25) is 0 Å². The van der Waals surface area contributed by atoms with Crippen LogP contribution < -0.4 is 24.8 Å². The first kappa shape index (κ1) is 24.8. The summed E-state index contributed by atoms with van der Waals surface area (Å²) >= 11 is 0. The second kappa shape index (κ2) is 13.1. The number of rotatable bonds is 11. The molecule has 8 heteroatoms. The first-order valence-electron chi connectivity index (χ1n) is 10.6. The average Bonchev–Trinajstić information content (AvgIpc) is 2.81. The summed E-state index contributed by atoms with van der Waals surface area (Å²) in [6.07, 6.45) is 0.813. The molecule has 2 rings (SSSR count). The molecule has 0 radical (unpaired) electrons. The van der Waals surface area contributed by atoms with Crippen molar-refractivity contribution < 1.29 is 19.0 Å². The van der Waals surface area contributed by atoms with Gasteiger partial charge >= 0.3 is 0 Å². The quantitative estimate of drug-likeness (QED) is 0.411. The number of carbonyl (C=O) groups excluding carboxylic acids is 1. The highest BCUT2D eigenvalue weighted by Gasteiger charge is 2.07. The van der Waals surface area contributed by atoms with Crippen molar-refractivity contribution in [3.63, 3.8) is 0 Å². The predicted octanol–water partition coefficient (Wildman–Crippen LogP) is 2.47. The minimum atomic E-state index is -0.0819. The fourth-order valence-corrected chi connectivity index (χ4v) is 2.88. The first-order valence-corrected chi connectivity index (χ1v) is 10.6. The van der Waals surface area contributed by atoms with Crippen LogP contribution in [-0.4, -0.2) is 64.8 Å². The van der Waals surface area contributed by atoms with Gasteiger partial charge < -0.3 is 29.7 Å². The smallest absolute Gasteiger partial charge is 0.259 e. The van der Waals surface area contributed by atoms with Gasteiger partial charge in [0.1, 0.15) is 5.75 Å². The van der Waals surface area contributed by atoms with E-state index in [1.807, 2.05) is 49.4 Å². The highest BCUT2D eigenvalue weighted by Crippen LogP contribution is 2.27. The van der Waals surface area contributed by atoms with Crippen LogP contribution in [0.4, 0.5) is 0 Å². The topological polar surface area (TPSA) is 84.4 Å². The van der Waals surface area contributed by atoms with Gasteiger partial charge in [0.2, 0.25) is 0 Å². The monoisotopic (exact) mass is 442 g/mol. The van der Waals surface area contributed by atoms with E-state index in [0.29, 0.717) is 12.3 Å². The molecule has 2 N–H and O–H groups in total. The summed E-state index contributed by atoms with van der Waals surface area (Å²) in [6, 6.07) is 13.5. The zero-order valence-corrected chi connectivity index (χ0v) is 19.6. The van der Waals surface area contributed by atoms with E-state index in [4.69, 9.17) is 14.2 Å². The molecule has 2 aromatic carbocycles. The average molecular weight is 443 g/mol. The largest absolute Gasteiger partial charge is 0.493 e. The standard InChI is InChI=1S/C24H34N4O4/c1-6-25-24(26-13-12-18-10-11-21(30-4)22(15-18)31-5)27-16-19-8-7-9-20(14-19)32-17-23(29)28(2)3/h7-11,14-15H,6,12-13,16-17H2,1-5H3,(H2,25,26,27). The van der Waals surface area contributed by atoms with Gasteiger partial charge in [-0.25, -0.2) is 4.99 Å². The van der Waals surface area contributed by atoms with Crippen molar-refractivity contribution in [1.29, 1.82) is 0 Å². The number of benzene rings is 2. The molecule has 1 amide bonds. The van der Waals surface area contributed by atoms with Crippen molar-refractivity contribution in [2.24, 2.45) is 4.99 Å². The molecule has 0 unspecified atom stereocenters. The molecular formula is C24H34N4O4. The Labute approximate surface area is 190 Å². The highest BCUT2D eigenvalue weighted by molar-refractivity contribution is 5.79. The van der Waals surface area contributed by atoms with Crippen LogP contribution in [0.5, 0.6) is 17.2 Å². The van der Waals surface area contributed by atoms with E-state index in [1.165, 1.54) is 4.90 Å². The second-order valence-corrected chi connectivity index (χ2v) is 7.29. The van der Waals surface area contributed by atoms with Gasteiger partial charge in [-0.2, -0.15) is 0 Å². The molecule has 0 spiro atoms. The number of amides is 1. The van der Waals surface area contributed by atoms with Gasteiger partial charge in [0, 0.05) is 27.2 Å². The molecule has 0 fully saturated rings. The van der Waals surface area contributed by atoms with E-state index >= 15 is 0 Å². The van der Waals surface area contributed by atoms with E-state index < -0.39 is 0 Å². The lowest BCUT2D eigenvalue weighted by Gasteiger charge is -2.13. The van der Waals surface area contributed by atoms with Crippen molar-refractivity contribution in [2.75, 3.05) is 48.0 Å². The zero-order chi connectivity index (χ0) is 23.3. The number of carbonyl (C=O) groups is 1. The summed E-state index contributed by atoms with van der Waals surface area (Å²) in [7, 11) is 6.67. The lowest BCUT2D eigenvalue weighted by molar-refractivity contribution is -0.130. The van der Waals surface area contributed by atoms with Crippen molar-refractivity contribution >= 4 is 11.9 Å². The Hall–Kier alpha value is -3.42. The number of guanidine groups is 1. The summed E-state index contributed by atoms with van der Waals surface area (Å²) in [5.74, 6) is 2.75.